The Morgan fingerprint density at radius 3 is 3.00 bits per heavy atom. The zero-order chi connectivity index (χ0) is 14.2. The van der Waals surface area contributed by atoms with Gasteiger partial charge in [0.15, 0.2) is 0 Å². The second-order valence-corrected chi connectivity index (χ2v) is 5.28. The summed E-state index contributed by atoms with van der Waals surface area (Å²) in [4.78, 5) is 19.9. The molecule has 0 radical (unpaired) electrons. The Kier molecular flexibility index (Phi) is 5.43. The maximum atomic E-state index is 11.7. The van der Waals surface area contributed by atoms with Gasteiger partial charge in [-0.25, -0.2) is 14.8 Å². The molecule has 0 saturated carbocycles. The maximum Gasteiger partial charge on any atom is 0.319 e. The number of urea groups is 1. The van der Waals surface area contributed by atoms with Crippen LogP contribution in [0.15, 0.2) is 42.1 Å². The molecule has 2 N–H and O–H groups in total. The first-order valence-corrected chi connectivity index (χ1v) is 7.36. The van der Waals surface area contributed by atoms with E-state index >= 15 is 0 Å². The summed E-state index contributed by atoms with van der Waals surface area (Å²) in [7, 11) is 0. The number of imidazole rings is 1. The fourth-order valence-corrected chi connectivity index (χ4v) is 2.17. The van der Waals surface area contributed by atoms with E-state index in [1.54, 1.807) is 30.5 Å². The molecule has 2 aromatic heterocycles. The molecule has 0 aliphatic heterocycles. The van der Waals surface area contributed by atoms with Crippen molar-refractivity contribution in [3.8, 4) is 0 Å². The number of carbonyl (C=O) groups is 1. The van der Waals surface area contributed by atoms with E-state index in [4.69, 9.17) is 0 Å². The normalized spacial score (nSPS) is 10.2. The summed E-state index contributed by atoms with van der Waals surface area (Å²) in [6, 6.07) is 3.51. The van der Waals surface area contributed by atoms with Crippen LogP contribution in [0.3, 0.4) is 0 Å². The average Bonchev–Trinajstić information content (AvgIpc) is 2.94. The average molecular weight is 291 g/mol. The van der Waals surface area contributed by atoms with E-state index in [1.807, 2.05) is 22.9 Å². The molecule has 0 saturated heterocycles. The highest BCUT2D eigenvalue weighted by Gasteiger charge is 2.02. The first-order valence-electron chi connectivity index (χ1n) is 6.37. The second-order valence-electron chi connectivity index (χ2n) is 4.00. The van der Waals surface area contributed by atoms with Crippen molar-refractivity contribution >= 4 is 23.5 Å². The van der Waals surface area contributed by atoms with Crippen LogP contribution in [0.2, 0.25) is 0 Å². The quantitative estimate of drug-likeness (QED) is 0.800. The minimum Gasteiger partial charge on any atom is -0.336 e. The number of rotatable bonds is 6. The van der Waals surface area contributed by atoms with Crippen molar-refractivity contribution in [1.82, 2.24) is 19.9 Å². The van der Waals surface area contributed by atoms with Gasteiger partial charge in [0.25, 0.3) is 0 Å². The lowest BCUT2D eigenvalue weighted by molar-refractivity contribution is 0.251. The number of aromatic nitrogens is 3. The van der Waals surface area contributed by atoms with Gasteiger partial charge < -0.3 is 15.2 Å². The summed E-state index contributed by atoms with van der Waals surface area (Å²) >= 11 is 1.67. The molecule has 0 spiro atoms. The third-order valence-electron chi connectivity index (χ3n) is 2.50. The van der Waals surface area contributed by atoms with E-state index in [2.05, 4.69) is 27.5 Å². The predicted octanol–water partition coefficient (Wildman–Crippen LogP) is 2.21. The smallest absolute Gasteiger partial charge is 0.319 e. The number of nitrogens with one attached hydrogen (secondary N) is 2. The molecule has 2 aromatic rings. The summed E-state index contributed by atoms with van der Waals surface area (Å²) in [5.74, 6) is 0.981. The van der Waals surface area contributed by atoms with Crippen molar-refractivity contribution in [1.29, 1.82) is 0 Å². The Morgan fingerprint density at radius 1 is 1.45 bits per heavy atom. The standard InChI is InChI=1S/C13H17N5OS/c1-2-20-12-4-3-11(9-16-12)17-13(19)15-6-8-18-7-5-14-10-18/h3-5,7,9-10H,2,6,8H2,1H3,(H2,15,17,19). The first kappa shape index (κ1) is 14.4. The largest absolute Gasteiger partial charge is 0.336 e. The molecule has 0 aromatic carbocycles. The molecule has 0 aliphatic rings. The molecule has 0 aliphatic carbocycles. The Labute approximate surface area is 122 Å². The molecule has 0 unspecified atom stereocenters. The third kappa shape index (κ3) is 4.58. The van der Waals surface area contributed by atoms with Crippen molar-refractivity contribution in [3.05, 3.63) is 37.1 Å². The molecule has 0 fully saturated rings. The van der Waals surface area contributed by atoms with Gasteiger partial charge in [-0.3, -0.25) is 0 Å². The monoisotopic (exact) mass is 291 g/mol. The third-order valence-corrected chi connectivity index (χ3v) is 3.33. The lowest BCUT2D eigenvalue weighted by atomic mass is 10.4. The second kappa shape index (κ2) is 7.54. The van der Waals surface area contributed by atoms with Crippen LogP contribution in [0.25, 0.3) is 0 Å². The van der Waals surface area contributed by atoms with Gasteiger partial charge in [0.1, 0.15) is 0 Å². The molecule has 2 heterocycles. The number of thioether (sulfide) groups is 1. The molecule has 106 valence electrons. The van der Waals surface area contributed by atoms with Crippen LogP contribution >= 0.6 is 11.8 Å². The molecule has 20 heavy (non-hydrogen) atoms. The van der Waals surface area contributed by atoms with Gasteiger partial charge in [0.2, 0.25) is 0 Å². The van der Waals surface area contributed by atoms with Gasteiger partial charge in [-0.15, -0.1) is 11.8 Å². The van der Waals surface area contributed by atoms with Gasteiger partial charge in [-0.1, -0.05) is 6.92 Å². The van der Waals surface area contributed by atoms with Gasteiger partial charge in [-0.05, 0) is 17.9 Å². The minimum atomic E-state index is -0.234. The number of amides is 2. The predicted molar refractivity (Wildman–Crippen MR) is 79.9 cm³/mol. The number of carbonyl (C=O) groups excluding carboxylic acids is 1. The highest BCUT2D eigenvalue weighted by Crippen LogP contribution is 2.16. The van der Waals surface area contributed by atoms with Gasteiger partial charge in [0.05, 0.1) is 23.2 Å². The highest BCUT2D eigenvalue weighted by atomic mass is 32.2. The summed E-state index contributed by atoms with van der Waals surface area (Å²) < 4.78 is 1.90. The molecule has 2 rings (SSSR count). The van der Waals surface area contributed by atoms with E-state index in [0.717, 1.165) is 10.8 Å². The molecular weight excluding hydrogens is 274 g/mol. The number of hydrogen-bond donors (Lipinski definition) is 2. The van der Waals surface area contributed by atoms with Crippen molar-refractivity contribution in [2.24, 2.45) is 0 Å². The Bertz CT molecular complexity index is 526. The maximum absolute atomic E-state index is 11.7. The molecular formula is C13H17N5OS. The molecule has 0 atom stereocenters. The van der Waals surface area contributed by atoms with Crippen LogP contribution in [0, 0.1) is 0 Å². The van der Waals surface area contributed by atoms with E-state index in [1.165, 1.54) is 0 Å². The van der Waals surface area contributed by atoms with Crippen LogP contribution in [0.5, 0.6) is 0 Å². The van der Waals surface area contributed by atoms with Gasteiger partial charge in [0, 0.05) is 25.5 Å². The first-order chi connectivity index (χ1) is 9.78. The van der Waals surface area contributed by atoms with Crippen LogP contribution in [-0.4, -0.2) is 32.9 Å². The number of pyridine rings is 1. The van der Waals surface area contributed by atoms with Crippen molar-refractivity contribution in [2.45, 2.75) is 18.5 Å². The molecule has 0 bridgehead atoms. The highest BCUT2D eigenvalue weighted by molar-refractivity contribution is 7.99. The summed E-state index contributed by atoms with van der Waals surface area (Å²) in [6.07, 6.45) is 6.94. The lowest BCUT2D eigenvalue weighted by Gasteiger charge is -2.08. The van der Waals surface area contributed by atoms with Crippen LogP contribution in [-0.2, 0) is 6.54 Å². The van der Waals surface area contributed by atoms with Gasteiger partial charge >= 0.3 is 6.03 Å². The van der Waals surface area contributed by atoms with E-state index < -0.39 is 0 Å². The number of hydrogen-bond acceptors (Lipinski definition) is 4. The zero-order valence-corrected chi connectivity index (χ0v) is 12.1. The SMILES string of the molecule is CCSc1ccc(NC(=O)NCCn2ccnc2)cn1. The fraction of sp³-hybridized carbons (Fsp3) is 0.308. The minimum absolute atomic E-state index is 0.234. The number of nitrogens with zero attached hydrogens (tertiary/aromatic N) is 3. The lowest BCUT2D eigenvalue weighted by Crippen LogP contribution is -2.31. The molecule has 7 heteroatoms. The Morgan fingerprint density at radius 2 is 2.35 bits per heavy atom. The van der Waals surface area contributed by atoms with Crippen LogP contribution in [0.1, 0.15) is 6.92 Å². The van der Waals surface area contributed by atoms with Crippen molar-refractivity contribution < 1.29 is 4.79 Å². The Hall–Kier alpha value is -2.02. The topological polar surface area (TPSA) is 71.8 Å². The number of anilines is 1. The molecule has 2 amide bonds. The van der Waals surface area contributed by atoms with Crippen LogP contribution in [0.4, 0.5) is 10.5 Å². The summed E-state index contributed by atoms with van der Waals surface area (Å²) in [6.45, 7) is 3.31. The van der Waals surface area contributed by atoms with E-state index in [-0.39, 0.29) is 6.03 Å². The zero-order valence-electron chi connectivity index (χ0n) is 11.2. The van der Waals surface area contributed by atoms with E-state index in [0.29, 0.717) is 18.8 Å². The van der Waals surface area contributed by atoms with Crippen molar-refractivity contribution in [2.75, 3.05) is 17.6 Å². The Balaban J connectivity index is 1.73. The van der Waals surface area contributed by atoms with Crippen molar-refractivity contribution in [3.63, 3.8) is 0 Å². The van der Waals surface area contributed by atoms with Crippen LogP contribution < -0.4 is 10.6 Å². The van der Waals surface area contributed by atoms with E-state index in [9.17, 15) is 4.79 Å². The summed E-state index contributed by atoms with van der Waals surface area (Å²) in [5.41, 5.74) is 0.686. The van der Waals surface area contributed by atoms with Gasteiger partial charge in [-0.2, -0.15) is 0 Å². The fourth-order valence-electron chi connectivity index (χ4n) is 1.58. The molecule has 6 nitrogen and oxygen atoms in total. The summed E-state index contributed by atoms with van der Waals surface area (Å²) in [5, 5.41) is 6.48.